The number of nitrogens with zero attached hydrogens (tertiary/aromatic N) is 1. The summed E-state index contributed by atoms with van der Waals surface area (Å²) in [6, 6.07) is 1.44. The number of hydrogen-bond donors (Lipinski definition) is 1. The van der Waals surface area contributed by atoms with E-state index in [-0.39, 0.29) is 12.1 Å². The van der Waals surface area contributed by atoms with Gasteiger partial charge in [0.2, 0.25) is 0 Å². The number of Topliss-reactive ketones (excluding diaryl/α,β-unsaturated/α-hetero) is 1. The number of anilines is 1. The van der Waals surface area contributed by atoms with Gasteiger partial charge in [0, 0.05) is 30.1 Å². The zero-order valence-electron chi connectivity index (χ0n) is 7.71. The second-order valence-electron chi connectivity index (χ2n) is 3.08. The monoisotopic (exact) mass is 218 g/mol. The van der Waals surface area contributed by atoms with E-state index in [0.29, 0.717) is 5.56 Å². The number of halogens is 3. The molecule has 82 valence electrons. The van der Waals surface area contributed by atoms with Gasteiger partial charge in [0.05, 0.1) is 0 Å². The second kappa shape index (κ2) is 4.29. The Bertz CT molecular complexity index is 363. The van der Waals surface area contributed by atoms with Crippen LogP contribution in [0.25, 0.3) is 0 Å². The number of alkyl halides is 3. The molecule has 0 radical (unpaired) electrons. The van der Waals surface area contributed by atoms with Crippen molar-refractivity contribution in [2.45, 2.75) is 19.0 Å². The third-order valence-electron chi connectivity index (χ3n) is 1.73. The Morgan fingerprint density at radius 2 is 2.13 bits per heavy atom. The first kappa shape index (κ1) is 11.5. The predicted molar refractivity (Wildman–Crippen MR) is 48.0 cm³/mol. The summed E-state index contributed by atoms with van der Waals surface area (Å²) in [6.45, 7) is 0. The van der Waals surface area contributed by atoms with Crippen LogP contribution in [0.1, 0.15) is 12.0 Å². The van der Waals surface area contributed by atoms with Gasteiger partial charge < -0.3 is 5.73 Å². The van der Waals surface area contributed by atoms with Gasteiger partial charge in [0.25, 0.3) is 0 Å². The van der Waals surface area contributed by atoms with Gasteiger partial charge in [0.15, 0.2) is 0 Å². The smallest absolute Gasteiger partial charge is 0.395 e. The molecule has 0 saturated heterocycles. The van der Waals surface area contributed by atoms with E-state index >= 15 is 0 Å². The molecule has 0 spiro atoms. The minimum atomic E-state index is -4.46. The minimum Gasteiger partial charge on any atom is -0.398 e. The molecule has 3 nitrogen and oxygen atoms in total. The van der Waals surface area contributed by atoms with E-state index < -0.39 is 18.4 Å². The van der Waals surface area contributed by atoms with Crippen molar-refractivity contribution >= 4 is 11.5 Å². The Morgan fingerprint density at radius 3 is 2.67 bits per heavy atom. The lowest BCUT2D eigenvalue weighted by Gasteiger charge is -2.06. The first-order valence-electron chi connectivity index (χ1n) is 4.15. The van der Waals surface area contributed by atoms with Gasteiger partial charge in [-0.05, 0) is 6.07 Å². The summed E-state index contributed by atoms with van der Waals surface area (Å²) in [5.41, 5.74) is 6.06. The van der Waals surface area contributed by atoms with Crippen molar-refractivity contribution < 1.29 is 18.0 Å². The molecule has 0 saturated carbocycles. The number of rotatable bonds is 3. The average Bonchev–Trinajstić information content (AvgIpc) is 2.05. The molecule has 0 aliphatic heterocycles. The number of carbonyl (C=O) groups excluding carboxylic acids is 1. The maximum atomic E-state index is 11.8. The maximum absolute atomic E-state index is 11.8. The molecule has 0 atom stereocenters. The molecule has 6 heteroatoms. The SMILES string of the molecule is Nc1ccncc1CC(=O)CC(F)(F)F. The number of nitrogen functional groups attached to an aromatic ring is 1. The van der Waals surface area contributed by atoms with Crippen molar-refractivity contribution in [3.8, 4) is 0 Å². The van der Waals surface area contributed by atoms with Crippen LogP contribution in [-0.4, -0.2) is 16.9 Å². The van der Waals surface area contributed by atoms with Crippen molar-refractivity contribution in [1.29, 1.82) is 0 Å². The molecule has 0 aliphatic rings. The van der Waals surface area contributed by atoms with Crippen LogP contribution < -0.4 is 5.73 Å². The zero-order chi connectivity index (χ0) is 11.5. The molecule has 0 bridgehead atoms. The van der Waals surface area contributed by atoms with E-state index in [1.807, 2.05) is 0 Å². The fourth-order valence-electron chi connectivity index (χ4n) is 1.08. The van der Waals surface area contributed by atoms with Crippen LogP contribution in [0.5, 0.6) is 0 Å². The number of carbonyl (C=O) groups is 1. The summed E-state index contributed by atoms with van der Waals surface area (Å²) in [5, 5.41) is 0. The highest BCUT2D eigenvalue weighted by Gasteiger charge is 2.30. The summed E-state index contributed by atoms with van der Waals surface area (Å²) in [7, 11) is 0. The van der Waals surface area contributed by atoms with E-state index in [9.17, 15) is 18.0 Å². The molecule has 0 aromatic carbocycles. The number of aromatic nitrogens is 1. The van der Waals surface area contributed by atoms with E-state index in [2.05, 4.69) is 4.98 Å². The maximum Gasteiger partial charge on any atom is 0.395 e. The van der Waals surface area contributed by atoms with Crippen LogP contribution in [-0.2, 0) is 11.2 Å². The Hall–Kier alpha value is -1.59. The van der Waals surface area contributed by atoms with E-state index in [0.717, 1.165) is 0 Å². The molecule has 1 heterocycles. The van der Waals surface area contributed by atoms with Gasteiger partial charge in [0.1, 0.15) is 12.2 Å². The van der Waals surface area contributed by atoms with Crippen molar-refractivity contribution in [3.63, 3.8) is 0 Å². The summed E-state index contributed by atoms with van der Waals surface area (Å²) in [4.78, 5) is 14.7. The highest BCUT2D eigenvalue weighted by atomic mass is 19.4. The Labute approximate surface area is 84.1 Å². The van der Waals surface area contributed by atoms with Crippen molar-refractivity contribution in [2.24, 2.45) is 0 Å². The topological polar surface area (TPSA) is 56.0 Å². The lowest BCUT2D eigenvalue weighted by Crippen LogP contribution is -2.17. The molecule has 0 fully saturated rings. The predicted octanol–water partition coefficient (Wildman–Crippen LogP) is 1.73. The van der Waals surface area contributed by atoms with Crippen molar-refractivity contribution in [2.75, 3.05) is 5.73 Å². The highest BCUT2D eigenvalue weighted by Crippen LogP contribution is 2.21. The van der Waals surface area contributed by atoms with Crippen LogP contribution in [0.15, 0.2) is 18.5 Å². The average molecular weight is 218 g/mol. The Balaban J connectivity index is 2.64. The van der Waals surface area contributed by atoms with Crippen LogP contribution >= 0.6 is 0 Å². The number of pyridine rings is 1. The minimum absolute atomic E-state index is 0.278. The van der Waals surface area contributed by atoms with Gasteiger partial charge in [-0.3, -0.25) is 9.78 Å². The summed E-state index contributed by atoms with van der Waals surface area (Å²) in [5.74, 6) is -0.915. The van der Waals surface area contributed by atoms with Crippen molar-refractivity contribution in [3.05, 3.63) is 24.0 Å². The zero-order valence-corrected chi connectivity index (χ0v) is 7.71. The van der Waals surface area contributed by atoms with Crippen LogP contribution in [0, 0.1) is 0 Å². The quantitative estimate of drug-likeness (QED) is 0.840. The fraction of sp³-hybridized carbons (Fsp3) is 0.333. The molecule has 1 aromatic rings. The lowest BCUT2D eigenvalue weighted by molar-refractivity contribution is -0.151. The molecular weight excluding hydrogens is 209 g/mol. The van der Waals surface area contributed by atoms with E-state index in [4.69, 9.17) is 5.73 Å². The Kier molecular flexibility index (Phi) is 3.28. The Morgan fingerprint density at radius 1 is 1.47 bits per heavy atom. The van der Waals surface area contributed by atoms with Crippen LogP contribution in [0.3, 0.4) is 0 Å². The lowest BCUT2D eigenvalue weighted by atomic mass is 10.1. The number of ketones is 1. The molecule has 2 N–H and O–H groups in total. The van der Waals surface area contributed by atoms with Crippen molar-refractivity contribution in [1.82, 2.24) is 4.98 Å². The van der Waals surface area contributed by atoms with E-state index in [1.54, 1.807) is 0 Å². The molecule has 15 heavy (non-hydrogen) atoms. The van der Waals surface area contributed by atoms with Gasteiger partial charge >= 0.3 is 6.18 Å². The summed E-state index contributed by atoms with van der Waals surface area (Å²) >= 11 is 0. The first-order valence-corrected chi connectivity index (χ1v) is 4.15. The normalized spacial score (nSPS) is 11.4. The fourth-order valence-corrected chi connectivity index (χ4v) is 1.08. The molecular formula is C9H9F3N2O. The molecule has 1 rings (SSSR count). The van der Waals surface area contributed by atoms with Gasteiger partial charge in [-0.1, -0.05) is 0 Å². The summed E-state index contributed by atoms with van der Waals surface area (Å²) < 4.78 is 35.5. The van der Waals surface area contributed by atoms with Gasteiger partial charge in [-0.2, -0.15) is 13.2 Å². The number of hydrogen-bond acceptors (Lipinski definition) is 3. The van der Waals surface area contributed by atoms with Gasteiger partial charge in [-0.25, -0.2) is 0 Å². The molecule has 0 aliphatic carbocycles. The van der Waals surface area contributed by atoms with Gasteiger partial charge in [-0.15, -0.1) is 0 Å². The first-order chi connectivity index (χ1) is 6.88. The third kappa shape index (κ3) is 3.97. The van der Waals surface area contributed by atoms with Crippen LogP contribution in [0.4, 0.5) is 18.9 Å². The third-order valence-corrected chi connectivity index (χ3v) is 1.73. The number of nitrogens with two attached hydrogens (primary N) is 1. The standard InChI is InChI=1S/C9H9F3N2O/c10-9(11,12)4-7(15)3-6-5-14-2-1-8(6)13/h1-2,5H,3-4H2,(H2,13,14). The molecule has 0 unspecified atom stereocenters. The molecule has 0 amide bonds. The largest absolute Gasteiger partial charge is 0.398 e. The summed E-state index contributed by atoms with van der Waals surface area (Å²) in [6.07, 6.45) is -3.52. The second-order valence-corrected chi connectivity index (χ2v) is 3.08. The van der Waals surface area contributed by atoms with Crippen LogP contribution in [0.2, 0.25) is 0 Å². The van der Waals surface area contributed by atoms with E-state index in [1.165, 1.54) is 18.5 Å². The molecule has 1 aromatic heterocycles. The highest BCUT2D eigenvalue weighted by molar-refractivity contribution is 5.82.